The normalized spacial score (nSPS) is 13.1. The topological polar surface area (TPSA) is 43.4 Å². The van der Waals surface area contributed by atoms with Gasteiger partial charge in [-0.05, 0) is 16.7 Å². The van der Waals surface area contributed by atoms with Crippen molar-refractivity contribution in [2.24, 2.45) is 0 Å². The summed E-state index contributed by atoms with van der Waals surface area (Å²) in [6, 6.07) is 26.3. The zero-order valence-corrected chi connectivity index (χ0v) is 16.2. The van der Waals surface area contributed by atoms with E-state index < -0.39 is 29.6 Å². The van der Waals surface area contributed by atoms with E-state index in [-0.39, 0.29) is 0 Å². The second kappa shape index (κ2) is 8.03. The van der Waals surface area contributed by atoms with Gasteiger partial charge in [0.05, 0.1) is 14.0 Å². The van der Waals surface area contributed by atoms with Crippen LogP contribution in [0.15, 0.2) is 91.0 Å². The van der Waals surface area contributed by atoms with Crippen molar-refractivity contribution in [2.75, 3.05) is 0 Å². The predicted molar refractivity (Wildman–Crippen MR) is 104 cm³/mol. The number of alkyl halides is 3. The average Bonchev–Trinajstić information content (AvgIpc) is 2.70. The van der Waals surface area contributed by atoms with Gasteiger partial charge in [0, 0.05) is 0 Å². The van der Waals surface area contributed by atoms with Crippen LogP contribution < -0.4 is 0 Å². The van der Waals surface area contributed by atoms with Crippen LogP contribution in [0.1, 0.15) is 16.7 Å². The van der Waals surface area contributed by atoms with Crippen molar-refractivity contribution < 1.29 is 25.6 Å². The van der Waals surface area contributed by atoms with Crippen molar-refractivity contribution in [3.8, 4) is 0 Å². The van der Waals surface area contributed by atoms with E-state index in [4.69, 9.17) is 0 Å². The van der Waals surface area contributed by atoms with Crippen LogP contribution in [0, 0.1) is 0 Å². The molecule has 0 spiro atoms. The molecule has 8 heteroatoms. The molecule has 1 unspecified atom stereocenters. The lowest BCUT2D eigenvalue weighted by Gasteiger charge is -2.35. The molecule has 0 radical (unpaired) electrons. The van der Waals surface area contributed by atoms with Crippen molar-refractivity contribution >= 4 is 18.9 Å². The lowest BCUT2D eigenvalue weighted by Crippen LogP contribution is -2.28. The number of rotatable bonds is 6. The summed E-state index contributed by atoms with van der Waals surface area (Å²) in [7, 11) is -6.80. The first-order valence-electron chi connectivity index (χ1n) is 8.21. The largest absolute Gasteiger partial charge is 0.523 e. The van der Waals surface area contributed by atoms with Crippen LogP contribution >= 0.6 is 8.81 Å². The Bertz CT molecular complexity index is 912. The minimum atomic E-state index is -5.74. The highest BCUT2D eigenvalue weighted by Crippen LogP contribution is 2.54. The fraction of sp³-hybridized carbons (Fsp3) is 0.100. The third-order valence-corrected chi connectivity index (χ3v) is 7.16. The summed E-state index contributed by atoms with van der Waals surface area (Å²) in [5.74, 6) is 0. The number of hydrogen-bond donors (Lipinski definition) is 0. The van der Waals surface area contributed by atoms with Crippen molar-refractivity contribution in [1.29, 1.82) is 0 Å². The summed E-state index contributed by atoms with van der Waals surface area (Å²) in [5, 5.41) is -1.22. The third kappa shape index (κ3) is 3.97. The van der Waals surface area contributed by atoms with Gasteiger partial charge in [-0.3, -0.25) is 0 Å². The molecule has 3 aromatic carbocycles. The highest BCUT2D eigenvalue weighted by Gasteiger charge is 2.49. The lowest BCUT2D eigenvalue weighted by atomic mass is 9.84. The second-order valence-corrected chi connectivity index (χ2v) is 8.93. The van der Waals surface area contributed by atoms with Crippen molar-refractivity contribution in [3.63, 3.8) is 0 Å². The second-order valence-electron chi connectivity index (χ2n) is 5.93. The summed E-state index contributed by atoms with van der Waals surface area (Å²) in [5.41, 5.74) is -3.61. The molecule has 0 aliphatic rings. The Labute approximate surface area is 163 Å². The van der Waals surface area contributed by atoms with Gasteiger partial charge >= 0.3 is 15.6 Å². The molecule has 28 heavy (non-hydrogen) atoms. The first-order valence-corrected chi connectivity index (χ1v) is 10.5. The van der Waals surface area contributed by atoms with Gasteiger partial charge < -0.3 is 0 Å². The zero-order chi connectivity index (χ0) is 20.3. The van der Waals surface area contributed by atoms with E-state index >= 15 is 0 Å². The molecule has 0 aliphatic heterocycles. The molecule has 0 saturated carbocycles. The summed E-state index contributed by atoms with van der Waals surface area (Å²) in [6.07, 6.45) is 0. The van der Waals surface area contributed by atoms with Crippen LogP contribution in [0.2, 0.25) is 0 Å². The first kappa shape index (κ1) is 20.5. The molecular weight excluding hydrogens is 408 g/mol. The van der Waals surface area contributed by atoms with Gasteiger partial charge in [-0.2, -0.15) is 21.6 Å². The Morgan fingerprint density at radius 3 is 1.25 bits per heavy atom. The smallest absolute Gasteiger partial charge is 0.243 e. The Kier molecular flexibility index (Phi) is 5.89. The summed E-state index contributed by atoms with van der Waals surface area (Å²) < 4.78 is 66.6. The van der Waals surface area contributed by atoms with E-state index in [1.54, 1.807) is 91.0 Å². The van der Waals surface area contributed by atoms with E-state index in [0.29, 0.717) is 16.7 Å². The quantitative estimate of drug-likeness (QED) is 0.301. The van der Waals surface area contributed by atoms with Gasteiger partial charge in [0.2, 0.25) is 0 Å². The Balaban J connectivity index is 2.23. The fourth-order valence-corrected chi connectivity index (χ4v) is 5.08. The molecule has 0 aliphatic carbocycles. The minimum absolute atomic E-state index is 0.628. The Morgan fingerprint density at radius 1 is 0.643 bits per heavy atom. The standard InChI is InChI=1S/C20H16F3O3PS/c21-20(22,23)28(24,25)26-27-19(16-10-4-1-5-11-16,17-12-6-2-7-13-17)18-14-8-3-9-15-18/h1-15,27H. The van der Waals surface area contributed by atoms with Crippen LogP contribution in [0.4, 0.5) is 13.2 Å². The van der Waals surface area contributed by atoms with Crippen LogP contribution in [0.3, 0.4) is 0 Å². The van der Waals surface area contributed by atoms with Crippen molar-refractivity contribution in [3.05, 3.63) is 108 Å². The maximum Gasteiger partial charge on any atom is 0.523 e. The summed E-state index contributed by atoms with van der Waals surface area (Å²) in [4.78, 5) is 0. The van der Waals surface area contributed by atoms with E-state index in [2.05, 4.69) is 3.97 Å². The average molecular weight is 424 g/mol. The van der Waals surface area contributed by atoms with Crippen molar-refractivity contribution in [1.82, 2.24) is 0 Å². The lowest BCUT2D eigenvalue weighted by molar-refractivity contribution is -0.0496. The van der Waals surface area contributed by atoms with Gasteiger partial charge in [0.15, 0.2) is 0 Å². The number of halogens is 3. The van der Waals surface area contributed by atoms with E-state index in [0.717, 1.165) is 0 Å². The molecule has 146 valence electrons. The monoisotopic (exact) mass is 424 g/mol. The molecule has 0 saturated heterocycles. The molecule has 0 amide bonds. The Morgan fingerprint density at radius 2 is 0.964 bits per heavy atom. The Hall–Kier alpha value is -2.21. The molecule has 3 aromatic rings. The number of hydrogen-bond acceptors (Lipinski definition) is 3. The van der Waals surface area contributed by atoms with Gasteiger partial charge in [-0.15, -0.1) is 0 Å². The minimum Gasteiger partial charge on any atom is -0.243 e. The molecule has 0 heterocycles. The highest BCUT2D eigenvalue weighted by atomic mass is 32.2. The zero-order valence-electron chi connectivity index (χ0n) is 14.4. The summed E-state index contributed by atoms with van der Waals surface area (Å²) in [6.45, 7) is 0. The fourth-order valence-electron chi connectivity index (χ4n) is 2.91. The van der Waals surface area contributed by atoms with E-state index in [1.807, 2.05) is 0 Å². The molecule has 3 rings (SSSR count). The van der Waals surface area contributed by atoms with Crippen LogP contribution in [-0.2, 0) is 19.2 Å². The molecule has 3 nitrogen and oxygen atoms in total. The molecular formula is C20H16F3O3PS. The van der Waals surface area contributed by atoms with Crippen LogP contribution in [0.5, 0.6) is 0 Å². The van der Waals surface area contributed by atoms with E-state index in [1.165, 1.54) is 0 Å². The van der Waals surface area contributed by atoms with Gasteiger partial charge in [-0.25, -0.2) is 3.97 Å². The molecule has 1 atom stereocenters. The SMILES string of the molecule is O=S(=O)(OPC(c1ccccc1)(c1ccccc1)c1ccccc1)C(F)(F)F. The summed E-state index contributed by atoms with van der Waals surface area (Å²) >= 11 is 0. The van der Waals surface area contributed by atoms with Gasteiger partial charge in [-0.1, -0.05) is 91.0 Å². The maximum atomic E-state index is 12.9. The predicted octanol–water partition coefficient (Wildman–Crippen LogP) is 5.44. The van der Waals surface area contributed by atoms with Crippen LogP contribution in [0.25, 0.3) is 0 Å². The molecule has 0 fully saturated rings. The van der Waals surface area contributed by atoms with Gasteiger partial charge in [0.1, 0.15) is 0 Å². The molecule has 0 N–H and O–H groups in total. The highest BCUT2D eigenvalue weighted by molar-refractivity contribution is 7.90. The maximum absolute atomic E-state index is 12.9. The number of benzene rings is 3. The molecule has 0 bridgehead atoms. The first-order chi connectivity index (χ1) is 13.3. The van der Waals surface area contributed by atoms with Crippen LogP contribution in [-0.4, -0.2) is 13.9 Å². The molecule has 0 aromatic heterocycles. The third-order valence-electron chi connectivity index (χ3n) is 4.21. The van der Waals surface area contributed by atoms with Gasteiger partial charge in [0.25, 0.3) is 0 Å². The van der Waals surface area contributed by atoms with Crippen molar-refractivity contribution in [2.45, 2.75) is 10.7 Å². The van der Waals surface area contributed by atoms with E-state index in [9.17, 15) is 21.6 Å².